The maximum atomic E-state index is 4.51. The molecule has 1 heterocycles. The topological polar surface area (TPSA) is 24.9 Å². The molecular weight excluding hydrogens is 240 g/mol. The molecule has 94 valence electrons. The summed E-state index contributed by atoms with van der Waals surface area (Å²) >= 11 is 1.75. The Balaban J connectivity index is 1.71. The highest BCUT2D eigenvalue weighted by Gasteiger charge is 2.19. The fraction of sp³-hybridized carbons (Fsp3) is 0.400. The number of hydrogen-bond acceptors (Lipinski definition) is 3. The zero-order valence-corrected chi connectivity index (χ0v) is 11.5. The third-order valence-electron chi connectivity index (χ3n) is 3.54. The Kier molecular flexibility index (Phi) is 3.43. The van der Waals surface area contributed by atoms with E-state index in [9.17, 15) is 0 Å². The maximum absolute atomic E-state index is 4.51. The molecule has 0 bridgehead atoms. The average molecular weight is 258 g/mol. The standard InChI is InChI=1S/C15H18N2S/c1-11-10-18-15(17-11)9-16-14-8-4-6-12-5-2-3-7-13(12)14/h2-3,5,7,10,14,16H,4,6,8-9H2,1H3. The molecule has 0 amide bonds. The second-order valence-corrected chi connectivity index (χ2v) is 5.85. The average Bonchev–Trinajstić information content (AvgIpc) is 2.82. The van der Waals surface area contributed by atoms with Crippen molar-refractivity contribution in [3.05, 3.63) is 51.5 Å². The molecule has 3 rings (SSSR count). The molecule has 0 fully saturated rings. The molecule has 1 N–H and O–H groups in total. The molecule has 2 aromatic rings. The first-order valence-electron chi connectivity index (χ1n) is 6.55. The summed E-state index contributed by atoms with van der Waals surface area (Å²) in [6.07, 6.45) is 3.75. The van der Waals surface area contributed by atoms with Crippen molar-refractivity contribution in [2.45, 2.75) is 38.8 Å². The van der Waals surface area contributed by atoms with Gasteiger partial charge in [0.15, 0.2) is 0 Å². The van der Waals surface area contributed by atoms with Crippen LogP contribution in [0.1, 0.15) is 40.7 Å². The van der Waals surface area contributed by atoms with E-state index in [1.165, 1.54) is 35.4 Å². The zero-order chi connectivity index (χ0) is 12.4. The van der Waals surface area contributed by atoms with Crippen molar-refractivity contribution >= 4 is 11.3 Å². The first kappa shape index (κ1) is 11.9. The fourth-order valence-corrected chi connectivity index (χ4v) is 3.38. The van der Waals surface area contributed by atoms with E-state index in [4.69, 9.17) is 0 Å². The minimum Gasteiger partial charge on any atom is -0.304 e. The lowest BCUT2D eigenvalue weighted by Gasteiger charge is -2.26. The second kappa shape index (κ2) is 5.21. The highest BCUT2D eigenvalue weighted by Crippen LogP contribution is 2.29. The van der Waals surface area contributed by atoms with Crippen molar-refractivity contribution in [3.63, 3.8) is 0 Å². The van der Waals surface area contributed by atoms with E-state index in [2.05, 4.69) is 46.9 Å². The van der Waals surface area contributed by atoms with E-state index >= 15 is 0 Å². The van der Waals surface area contributed by atoms with Crippen LogP contribution >= 0.6 is 11.3 Å². The van der Waals surface area contributed by atoms with Gasteiger partial charge in [0, 0.05) is 23.7 Å². The number of nitrogens with one attached hydrogen (secondary N) is 1. The fourth-order valence-electron chi connectivity index (χ4n) is 2.66. The number of thiazole rings is 1. The lowest BCUT2D eigenvalue weighted by atomic mass is 9.88. The zero-order valence-electron chi connectivity index (χ0n) is 10.6. The van der Waals surface area contributed by atoms with Gasteiger partial charge in [0.2, 0.25) is 0 Å². The molecule has 18 heavy (non-hydrogen) atoms. The van der Waals surface area contributed by atoms with Crippen LogP contribution in [-0.2, 0) is 13.0 Å². The van der Waals surface area contributed by atoms with Gasteiger partial charge < -0.3 is 5.32 Å². The van der Waals surface area contributed by atoms with Crippen LogP contribution in [0.2, 0.25) is 0 Å². The summed E-state index contributed by atoms with van der Waals surface area (Å²) in [5.74, 6) is 0. The van der Waals surface area contributed by atoms with Crippen LogP contribution < -0.4 is 5.32 Å². The number of aromatic nitrogens is 1. The number of nitrogens with zero attached hydrogens (tertiary/aromatic N) is 1. The largest absolute Gasteiger partial charge is 0.304 e. The third kappa shape index (κ3) is 2.47. The predicted octanol–water partition coefficient (Wildman–Crippen LogP) is 3.62. The van der Waals surface area contributed by atoms with Gasteiger partial charge in [-0.2, -0.15) is 0 Å². The van der Waals surface area contributed by atoms with Gasteiger partial charge in [-0.1, -0.05) is 24.3 Å². The summed E-state index contributed by atoms with van der Waals surface area (Å²) in [5, 5.41) is 6.96. The van der Waals surface area contributed by atoms with Crippen LogP contribution in [0, 0.1) is 6.92 Å². The highest BCUT2D eigenvalue weighted by molar-refractivity contribution is 7.09. The van der Waals surface area contributed by atoms with Crippen LogP contribution in [-0.4, -0.2) is 4.98 Å². The first-order valence-corrected chi connectivity index (χ1v) is 7.43. The quantitative estimate of drug-likeness (QED) is 0.909. The smallest absolute Gasteiger partial charge is 0.107 e. The van der Waals surface area contributed by atoms with E-state index in [1.54, 1.807) is 11.3 Å². The molecule has 3 heteroatoms. The summed E-state index contributed by atoms with van der Waals surface area (Å²) in [6, 6.07) is 9.31. The molecule has 0 saturated heterocycles. The van der Waals surface area contributed by atoms with E-state index in [-0.39, 0.29) is 0 Å². The number of fused-ring (bicyclic) bond motifs is 1. The van der Waals surface area contributed by atoms with Crippen LogP contribution in [0.4, 0.5) is 0 Å². The molecule has 0 aliphatic heterocycles. The molecule has 1 aliphatic rings. The van der Waals surface area contributed by atoms with Crippen LogP contribution in [0.15, 0.2) is 29.6 Å². The SMILES string of the molecule is Cc1csc(CNC2CCCc3ccccc32)n1. The minimum atomic E-state index is 0.499. The number of rotatable bonds is 3. The number of aryl methyl sites for hydroxylation is 2. The molecule has 1 aromatic heterocycles. The number of benzene rings is 1. The normalized spacial score (nSPS) is 18.6. The van der Waals surface area contributed by atoms with E-state index in [0.29, 0.717) is 6.04 Å². The van der Waals surface area contributed by atoms with E-state index in [0.717, 1.165) is 12.2 Å². The van der Waals surface area contributed by atoms with Gasteiger partial charge in [0.1, 0.15) is 5.01 Å². The van der Waals surface area contributed by atoms with Gasteiger partial charge in [-0.25, -0.2) is 4.98 Å². The molecule has 1 atom stereocenters. The van der Waals surface area contributed by atoms with Crippen molar-refractivity contribution in [1.82, 2.24) is 10.3 Å². The summed E-state index contributed by atoms with van der Waals surface area (Å²) in [7, 11) is 0. The second-order valence-electron chi connectivity index (χ2n) is 4.91. The lowest BCUT2D eigenvalue weighted by molar-refractivity contribution is 0.458. The first-order chi connectivity index (χ1) is 8.83. The summed E-state index contributed by atoms with van der Waals surface area (Å²) in [6.45, 7) is 2.94. The Hall–Kier alpha value is -1.19. The van der Waals surface area contributed by atoms with Crippen LogP contribution in [0.5, 0.6) is 0 Å². The Morgan fingerprint density at radius 2 is 2.28 bits per heavy atom. The molecule has 1 unspecified atom stereocenters. The van der Waals surface area contributed by atoms with Crippen LogP contribution in [0.25, 0.3) is 0 Å². The van der Waals surface area contributed by atoms with Crippen molar-refractivity contribution in [3.8, 4) is 0 Å². The van der Waals surface area contributed by atoms with Gasteiger partial charge >= 0.3 is 0 Å². The Morgan fingerprint density at radius 3 is 3.11 bits per heavy atom. The Bertz CT molecular complexity index is 533. The summed E-state index contributed by atoms with van der Waals surface area (Å²) in [5.41, 5.74) is 4.12. The molecule has 0 saturated carbocycles. The van der Waals surface area contributed by atoms with Gasteiger partial charge in [-0.3, -0.25) is 0 Å². The Labute approximate surface area is 112 Å². The third-order valence-corrected chi connectivity index (χ3v) is 4.50. The van der Waals surface area contributed by atoms with Gasteiger partial charge in [-0.05, 0) is 37.3 Å². The molecule has 1 aliphatic carbocycles. The van der Waals surface area contributed by atoms with Gasteiger partial charge in [0.25, 0.3) is 0 Å². The predicted molar refractivity (Wildman–Crippen MR) is 75.8 cm³/mol. The van der Waals surface area contributed by atoms with Crippen molar-refractivity contribution in [2.75, 3.05) is 0 Å². The van der Waals surface area contributed by atoms with E-state index < -0.39 is 0 Å². The minimum absolute atomic E-state index is 0.499. The maximum Gasteiger partial charge on any atom is 0.107 e. The van der Waals surface area contributed by atoms with Gasteiger partial charge in [-0.15, -0.1) is 11.3 Å². The number of hydrogen-bond donors (Lipinski definition) is 1. The highest BCUT2D eigenvalue weighted by atomic mass is 32.1. The molecule has 2 nitrogen and oxygen atoms in total. The van der Waals surface area contributed by atoms with Crippen molar-refractivity contribution in [1.29, 1.82) is 0 Å². The molecule has 1 aromatic carbocycles. The summed E-state index contributed by atoms with van der Waals surface area (Å²) in [4.78, 5) is 4.51. The lowest BCUT2D eigenvalue weighted by Crippen LogP contribution is -2.24. The monoisotopic (exact) mass is 258 g/mol. The molecule has 0 radical (unpaired) electrons. The molecular formula is C15H18N2S. The van der Waals surface area contributed by atoms with Gasteiger partial charge in [0.05, 0.1) is 0 Å². The van der Waals surface area contributed by atoms with Crippen molar-refractivity contribution < 1.29 is 0 Å². The van der Waals surface area contributed by atoms with Crippen LogP contribution in [0.3, 0.4) is 0 Å². The summed E-state index contributed by atoms with van der Waals surface area (Å²) < 4.78 is 0. The van der Waals surface area contributed by atoms with E-state index in [1.807, 2.05) is 0 Å². The molecule has 0 spiro atoms. The Morgan fingerprint density at radius 1 is 1.39 bits per heavy atom. The van der Waals surface area contributed by atoms with Crippen molar-refractivity contribution in [2.24, 2.45) is 0 Å².